The number of fused-ring (bicyclic) bond motifs is 6. The van der Waals surface area contributed by atoms with Gasteiger partial charge in [0.05, 0.1) is 69.6 Å². The van der Waals surface area contributed by atoms with E-state index in [0.717, 1.165) is 101 Å². The number of benzene rings is 6. The highest BCUT2D eigenvalue weighted by atomic mass is 16.5. The maximum absolute atomic E-state index is 6.51. The molecular weight excluding hydrogens is 793 g/mol. The van der Waals surface area contributed by atoms with Gasteiger partial charge in [-0.3, -0.25) is 19.1 Å². The minimum absolute atomic E-state index is 0.695. The van der Waals surface area contributed by atoms with Gasteiger partial charge in [0.1, 0.15) is 34.6 Å². The van der Waals surface area contributed by atoms with Crippen molar-refractivity contribution in [3.8, 4) is 57.1 Å². The number of hydrogen-bond donors (Lipinski definition) is 0. The van der Waals surface area contributed by atoms with Gasteiger partial charge in [-0.2, -0.15) is 0 Å². The molecule has 0 spiro atoms. The number of pyridine rings is 2. The van der Waals surface area contributed by atoms with Gasteiger partial charge in [-0.25, -0.2) is 9.97 Å². The Bertz CT molecular complexity index is 3270. The summed E-state index contributed by atoms with van der Waals surface area (Å²) in [6.07, 6.45) is 7.40. The normalized spacial score (nSPS) is 11.4. The monoisotopic (exact) mass is 834 g/mol. The van der Waals surface area contributed by atoms with Crippen LogP contribution in [0.15, 0.2) is 183 Å². The van der Waals surface area contributed by atoms with Crippen LogP contribution in [0.3, 0.4) is 0 Å². The van der Waals surface area contributed by atoms with Crippen LogP contribution < -0.4 is 19.3 Å². The molecule has 5 heterocycles. The first-order valence-corrected chi connectivity index (χ1v) is 21.1. The summed E-state index contributed by atoms with van der Waals surface area (Å²) in [5.41, 5.74) is 9.54. The minimum Gasteiger partial charge on any atom is -0.457 e. The maximum Gasteiger partial charge on any atom is 0.137 e. The number of para-hydroxylation sites is 2. The molecule has 0 amide bonds. The number of anilines is 2. The molecule has 11 aromatic rings. The van der Waals surface area contributed by atoms with Crippen LogP contribution in [0.5, 0.6) is 23.0 Å². The van der Waals surface area contributed by atoms with Crippen LogP contribution in [-0.4, -0.2) is 57.3 Å². The van der Waals surface area contributed by atoms with Crippen molar-refractivity contribution in [1.82, 2.24) is 29.1 Å². The third-order valence-electron chi connectivity index (χ3n) is 11.6. The molecule has 64 heavy (non-hydrogen) atoms. The third-order valence-corrected chi connectivity index (χ3v) is 11.6. The largest absolute Gasteiger partial charge is 0.457 e. The molecule has 0 fully saturated rings. The molecule has 10 nitrogen and oxygen atoms in total. The summed E-state index contributed by atoms with van der Waals surface area (Å²) in [5, 5.41) is 4.57. The van der Waals surface area contributed by atoms with Crippen LogP contribution in [-0.2, 0) is 0 Å². The van der Waals surface area contributed by atoms with Crippen molar-refractivity contribution in [1.29, 1.82) is 0 Å². The number of rotatable bonds is 10. The maximum atomic E-state index is 6.51. The van der Waals surface area contributed by atoms with E-state index in [1.165, 1.54) is 0 Å². The lowest BCUT2D eigenvalue weighted by Crippen LogP contribution is -2.09. The Hall–Kier alpha value is -8.50. The first-order chi connectivity index (χ1) is 31.3. The zero-order valence-corrected chi connectivity index (χ0v) is 35.7. The molecular formula is C54H42N8O2. The van der Waals surface area contributed by atoms with Gasteiger partial charge in [0.2, 0.25) is 0 Å². The second kappa shape index (κ2) is 15.8. The Morgan fingerprint density at radius 3 is 1.19 bits per heavy atom. The Morgan fingerprint density at radius 1 is 0.359 bits per heavy atom. The number of aromatic nitrogens is 6. The van der Waals surface area contributed by atoms with E-state index in [2.05, 4.69) is 106 Å². The number of nitrogens with zero attached hydrogens (tertiary/aromatic N) is 8. The smallest absolute Gasteiger partial charge is 0.137 e. The fourth-order valence-electron chi connectivity index (χ4n) is 8.41. The first-order valence-electron chi connectivity index (χ1n) is 21.1. The molecule has 0 unspecified atom stereocenters. The van der Waals surface area contributed by atoms with Crippen molar-refractivity contribution < 1.29 is 9.47 Å². The van der Waals surface area contributed by atoms with Gasteiger partial charge in [0.25, 0.3) is 0 Å². The summed E-state index contributed by atoms with van der Waals surface area (Å²) < 4.78 is 17.4. The van der Waals surface area contributed by atoms with E-state index in [0.29, 0.717) is 11.5 Å². The predicted molar refractivity (Wildman–Crippen MR) is 259 cm³/mol. The topological polar surface area (TPSA) is 86.4 Å². The highest BCUT2D eigenvalue weighted by Crippen LogP contribution is 2.38. The van der Waals surface area contributed by atoms with Gasteiger partial charge < -0.3 is 19.3 Å². The van der Waals surface area contributed by atoms with E-state index in [9.17, 15) is 0 Å². The predicted octanol–water partition coefficient (Wildman–Crippen LogP) is 12.5. The quantitative estimate of drug-likeness (QED) is 0.135. The molecule has 0 aliphatic carbocycles. The molecule has 0 radical (unpaired) electrons. The summed E-state index contributed by atoms with van der Waals surface area (Å²) >= 11 is 0. The van der Waals surface area contributed by atoms with Crippen LogP contribution in [0, 0.1) is 0 Å². The first kappa shape index (κ1) is 38.4. The van der Waals surface area contributed by atoms with Crippen molar-refractivity contribution in [3.63, 3.8) is 0 Å². The van der Waals surface area contributed by atoms with E-state index >= 15 is 0 Å². The van der Waals surface area contributed by atoms with Crippen molar-refractivity contribution in [2.24, 2.45) is 0 Å². The molecule has 11 rings (SSSR count). The van der Waals surface area contributed by atoms with Crippen molar-refractivity contribution in [2.45, 2.75) is 0 Å². The summed E-state index contributed by atoms with van der Waals surface area (Å²) in [6, 6.07) is 53.4. The van der Waals surface area contributed by atoms with E-state index in [1.807, 2.05) is 111 Å². The minimum atomic E-state index is 0.695. The van der Waals surface area contributed by atoms with E-state index in [-0.39, 0.29) is 0 Å². The lowest BCUT2D eigenvalue weighted by atomic mass is 10.1. The second-order valence-electron chi connectivity index (χ2n) is 16.1. The molecule has 6 aromatic carbocycles. The Kier molecular flexibility index (Phi) is 9.46. The number of ether oxygens (including phenoxy) is 2. The van der Waals surface area contributed by atoms with E-state index < -0.39 is 0 Å². The van der Waals surface area contributed by atoms with E-state index in [4.69, 9.17) is 29.4 Å². The average molecular weight is 835 g/mol. The summed E-state index contributed by atoms with van der Waals surface area (Å²) in [7, 11) is 8.06. The lowest BCUT2D eigenvalue weighted by Gasteiger charge is -2.13. The van der Waals surface area contributed by atoms with Crippen LogP contribution in [0.1, 0.15) is 0 Å². The molecule has 5 aromatic heterocycles. The van der Waals surface area contributed by atoms with Crippen molar-refractivity contribution >= 4 is 55.0 Å². The summed E-state index contributed by atoms with van der Waals surface area (Å²) in [6.45, 7) is 0. The van der Waals surface area contributed by atoms with Crippen LogP contribution in [0.4, 0.5) is 11.4 Å². The van der Waals surface area contributed by atoms with Crippen molar-refractivity contribution in [2.75, 3.05) is 38.0 Å². The fraction of sp³-hybridized carbons (Fsp3) is 0.0741. The molecule has 0 bridgehead atoms. The second-order valence-corrected chi connectivity index (χ2v) is 16.1. The van der Waals surface area contributed by atoms with Gasteiger partial charge >= 0.3 is 0 Å². The molecule has 0 atom stereocenters. The molecule has 0 saturated heterocycles. The van der Waals surface area contributed by atoms with Crippen LogP contribution in [0.25, 0.3) is 77.8 Å². The zero-order chi connectivity index (χ0) is 43.3. The SMILES string of the molecule is CN(C)c1ccc(-n2c3ccccc3c3ccc(Oc4cccc(-c5cnc(-c6cccc(Oc7ccc8c9ccccc9n(-c9ccc(N(C)C)cn9)c8c7)c6)cn5)c4)cc32)nc1. The Balaban J connectivity index is 0.840. The molecule has 10 heteroatoms. The highest BCUT2D eigenvalue weighted by molar-refractivity contribution is 6.10. The van der Waals surface area contributed by atoms with Gasteiger partial charge in [-0.1, -0.05) is 60.7 Å². The van der Waals surface area contributed by atoms with Gasteiger partial charge in [-0.05, 0) is 84.9 Å². The van der Waals surface area contributed by atoms with Gasteiger partial charge in [0.15, 0.2) is 0 Å². The highest BCUT2D eigenvalue weighted by Gasteiger charge is 2.17. The molecule has 310 valence electrons. The average Bonchev–Trinajstić information content (AvgIpc) is 3.84. The standard InChI is InChI=1S/C54H42N8O2/c1-59(2)37-19-25-53(57-31-37)61-49-17-7-5-15-43(49)45-23-21-41(29-51(45)61)63-39-13-9-11-35(27-39)47-33-56-48(34-55-47)36-12-10-14-40(28-36)64-42-22-24-46-44-16-6-8-18-50(44)62(52(46)30-42)54-26-20-38(32-58-54)60(3)4/h5-34H,1-4H3. The third kappa shape index (κ3) is 6.97. The van der Waals surface area contributed by atoms with Gasteiger partial charge in [-0.15, -0.1) is 0 Å². The molecule has 0 saturated carbocycles. The zero-order valence-electron chi connectivity index (χ0n) is 35.7. The van der Waals surface area contributed by atoms with Crippen LogP contribution in [0.2, 0.25) is 0 Å². The lowest BCUT2D eigenvalue weighted by molar-refractivity contribution is 0.483. The van der Waals surface area contributed by atoms with E-state index in [1.54, 1.807) is 12.4 Å². The van der Waals surface area contributed by atoms with Crippen LogP contribution >= 0.6 is 0 Å². The molecule has 0 aliphatic rings. The van der Waals surface area contributed by atoms with Gasteiger partial charge in [0, 0.05) is 73.0 Å². The number of hydrogen-bond acceptors (Lipinski definition) is 8. The summed E-state index contributed by atoms with van der Waals surface area (Å²) in [4.78, 5) is 23.4. The molecule has 0 aliphatic heterocycles. The Labute approximate surface area is 369 Å². The fourth-order valence-corrected chi connectivity index (χ4v) is 8.41. The molecule has 0 N–H and O–H groups in total. The van der Waals surface area contributed by atoms with Crippen molar-refractivity contribution in [3.05, 3.63) is 183 Å². The Morgan fingerprint density at radius 2 is 0.781 bits per heavy atom. The summed E-state index contributed by atoms with van der Waals surface area (Å²) in [5.74, 6) is 4.51.